The summed E-state index contributed by atoms with van der Waals surface area (Å²) in [5, 5.41) is 4.04. The molecule has 1 aromatic rings. The van der Waals surface area contributed by atoms with E-state index in [1.165, 1.54) is 30.9 Å². The average molecular weight is 256 g/mol. The van der Waals surface area contributed by atoms with Crippen molar-refractivity contribution in [2.45, 2.75) is 17.1 Å². The molecule has 0 heterocycles. The molecule has 3 amide bonds. The number of rotatable bonds is 3. The van der Waals surface area contributed by atoms with Crippen molar-refractivity contribution in [3.63, 3.8) is 0 Å². The van der Waals surface area contributed by atoms with Gasteiger partial charge in [0, 0.05) is 11.9 Å². The van der Waals surface area contributed by atoms with E-state index in [1.807, 2.05) is 0 Å². The lowest BCUT2D eigenvalue weighted by atomic mass is 10.3. The predicted molar refractivity (Wildman–Crippen MR) is 64.3 cm³/mol. The topological polar surface area (TPSA) is 58.2 Å². The van der Waals surface area contributed by atoms with Crippen LogP contribution in [0.2, 0.25) is 0 Å². The molecule has 0 aliphatic carbocycles. The fourth-order valence-corrected chi connectivity index (χ4v) is 1.91. The van der Waals surface area contributed by atoms with Crippen molar-refractivity contribution in [1.29, 1.82) is 0 Å². The minimum atomic E-state index is -0.540. The van der Waals surface area contributed by atoms with Gasteiger partial charge in [0.15, 0.2) is 0 Å². The van der Waals surface area contributed by atoms with Gasteiger partial charge in [-0.15, -0.1) is 11.8 Å². The van der Waals surface area contributed by atoms with Gasteiger partial charge < -0.3 is 5.32 Å². The Labute approximate surface area is 103 Å². The molecule has 1 atom stereocenters. The van der Waals surface area contributed by atoms with Crippen LogP contribution >= 0.6 is 11.8 Å². The van der Waals surface area contributed by atoms with Crippen molar-refractivity contribution >= 4 is 23.7 Å². The van der Waals surface area contributed by atoms with E-state index < -0.39 is 17.2 Å². The Morgan fingerprint density at radius 3 is 2.41 bits per heavy atom. The Balaban J connectivity index is 2.54. The van der Waals surface area contributed by atoms with Crippen LogP contribution in [0.1, 0.15) is 6.92 Å². The summed E-state index contributed by atoms with van der Waals surface area (Å²) in [7, 11) is 1.43. The van der Waals surface area contributed by atoms with Crippen LogP contribution in [0.15, 0.2) is 29.2 Å². The van der Waals surface area contributed by atoms with Gasteiger partial charge in [-0.05, 0) is 31.2 Å². The molecule has 0 saturated heterocycles. The molecule has 0 aliphatic heterocycles. The number of benzene rings is 1. The Hall–Kier alpha value is -1.56. The number of carbonyl (C=O) groups is 2. The van der Waals surface area contributed by atoms with E-state index in [1.54, 1.807) is 19.1 Å². The molecular weight excluding hydrogens is 243 g/mol. The quantitative estimate of drug-likeness (QED) is 0.810. The van der Waals surface area contributed by atoms with Crippen LogP contribution in [-0.4, -0.2) is 24.2 Å². The van der Waals surface area contributed by atoms with Gasteiger partial charge in [0.2, 0.25) is 5.91 Å². The van der Waals surface area contributed by atoms with Gasteiger partial charge in [-0.3, -0.25) is 10.1 Å². The van der Waals surface area contributed by atoms with Crippen LogP contribution in [-0.2, 0) is 4.79 Å². The lowest BCUT2D eigenvalue weighted by molar-refractivity contribution is -0.119. The Kier molecular flexibility index (Phi) is 4.96. The highest BCUT2D eigenvalue weighted by Gasteiger charge is 2.16. The molecule has 1 aromatic carbocycles. The van der Waals surface area contributed by atoms with Crippen molar-refractivity contribution in [2.24, 2.45) is 0 Å². The van der Waals surface area contributed by atoms with Gasteiger partial charge >= 0.3 is 6.03 Å². The summed E-state index contributed by atoms with van der Waals surface area (Å²) in [6.07, 6.45) is 0. The minimum Gasteiger partial charge on any atom is -0.341 e. The highest BCUT2D eigenvalue weighted by molar-refractivity contribution is 8.00. The smallest absolute Gasteiger partial charge is 0.321 e. The SMILES string of the molecule is CNC(=O)NC(=O)C(C)Sc1ccc(F)cc1. The third-order valence-electron chi connectivity index (χ3n) is 1.96. The zero-order chi connectivity index (χ0) is 12.8. The van der Waals surface area contributed by atoms with Crippen molar-refractivity contribution in [3.05, 3.63) is 30.1 Å². The van der Waals surface area contributed by atoms with Crippen molar-refractivity contribution in [2.75, 3.05) is 7.05 Å². The largest absolute Gasteiger partial charge is 0.341 e. The van der Waals surface area contributed by atoms with E-state index in [4.69, 9.17) is 0 Å². The zero-order valence-corrected chi connectivity index (χ0v) is 10.3. The van der Waals surface area contributed by atoms with E-state index in [-0.39, 0.29) is 5.82 Å². The van der Waals surface area contributed by atoms with Gasteiger partial charge in [0.05, 0.1) is 5.25 Å². The lowest BCUT2D eigenvalue weighted by Crippen LogP contribution is -2.41. The molecule has 0 bridgehead atoms. The third kappa shape index (κ3) is 4.44. The summed E-state index contributed by atoms with van der Waals surface area (Å²) >= 11 is 1.25. The summed E-state index contributed by atoms with van der Waals surface area (Å²) in [4.78, 5) is 23.2. The number of thioether (sulfide) groups is 1. The van der Waals surface area contributed by atoms with Crippen molar-refractivity contribution in [3.8, 4) is 0 Å². The van der Waals surface area contributed by atoms with E-state index in [9.17, 15) is 14.0 Å². The molecule has 0 saturated carbocycles. The number of amides is 3. The molecule has 2 N–H and O–H groups in total. The molecule has 17 heavy (non-hydrogen) atoms. The summed E-state index contributed by atoms with van der Waals surface area (Å²) in [6, 6.07) is 5.28. The number of imide groups is 1. The first-order valence-electron chi connectivity index (χ1n) is 4.97. The third-order valence-corrected chi connectivity index (χ3v) is 3.07. The van der Waals surface area contributed by atoms with Crippen LogP contribution in [0.25, 0.3) is 0 Å². The fraction of sp³-hybridized carbons (Fsp3) is 0.273. The van der Waals surface area contributed by atoms with Gasteiger partial charge in [-0.1, -0.05) is 0 Å². The molecule has 0 aliphatic rings. The van der Waals surface area contributed by atoms with Crippen LogP contribution < -0.4 is 10.6 Å². The van der Waals surface area contributed by atoms with Crippen LogP contribution in [0.5, 0.6) is 0 Å². The normalized spacial score (nSPS) is 11.7. The maximum absolute atomic E-state index is 12.7. The fourth-order valence-electron chi connectivity index (χ4n) is 1.05. The predicted octanol–water partition coefficient (Wildman–Crippen LogP) is 1.76. The van der Waals surface area contributed by atoms with E-state index in [0.717, 1.165) is 4.90 Å². The molecule has 0 radical (unpaired) electrons. The molecule has 4 nitrogen and oxygen atoms in total. The van der Waals surface area contributed by atoms with Crippen molar-refractivity contribution in [1.82, 2.24) is 10.6 Å². The number of nitrogens with one attached hydrogen (secondary N) is 2. The van der Waals surface area contributed by atoms with E-state index >= 15 is 0 Å². The molecular formula is C11H13FN2O2S. The van der Waals surface area contributed by atoms with Crippen LogP contribution in [0, 0.1) is 5.82 Å². The monoisotopic (exact) mass is 256 g/mol. The second-order valence-electron chi connectivity index (χ2n) is 3.28. The molecule has 1 rings (SSSR count). The number of carbonyl (C=O) groups excluding carboxylic acids is 2. The van der Waals surface area contributed by atoms with Crippen LogP contribution in [0.4, 0.5) is 9.18 Å². The second-order valence-corrected chi connectivity index (χ2v) is 4.70. The number of hydrogen-bond acceptors (Lipinski definition) is 3. The molecule has 1 unspecified atom stereocenters. The van der Waals surface area contributed by atoms with Gasteiger partial charge in [-0.25, -0.2) is 9.18 Å². The molecule has 0 fully saturated rings. The summed E-state index contributed by atoms with van der Waals surface area (Å²) in [6.45, 7) is 1.67. The van der Waals surface area contributed by atoms with Gasteiger partial charge in [-0.2, -0.15) is 0 Å². The molecule has 0 spiro atoms. The van der Waals surface area contributed by atoms with Crippen molar-refractivity contribution < 1.29 is 14.0 Å². The average Bonchev–Trinajstić information content (AvgIpc) is 2.31. The first kappa shape index (κ1) is 13.5. The lowest BCUT2D eigenvalue weighted by Gasteiger charge is -2.10. The first-order valence-corrected chi connectivity index (χ1v) is 5.85. The van der Waals surface area contributed by atoms with Gasteiger partial charge in [0.1, 0.15) is 5.82 Å². The highest BCUT2D eigenvalue weighted by atomic mass is 32.2. The standard InChI is InChI=1S/C11H13FN2O2S/c1-7(10(15)14-11(16)13-2)17-9-5-3-8(12)4-6-9/h3-7H,1-2H3,(H2,13,14,15,16). The first-order chi connectivity index (χ1) is 8.02. The molecule has 92 valence electrons. The zero-order valence-electron chi connectivity index (χ0n) is 9.49. The van der Waals surface area contributed by atoms with Gasteiger partial charge in [0.25, 0.3) is 0 Å². The van der Waals surface area contributed by atoms with Crippen LogP contribution in [0.3, 0.4) is 0 Å². The second kappa shape index (κ2) is 6.24. The van der Waals surface area contributed by atoms with E-state index in [0.29, 0.717) is 0 Å². The number of urea groups is 1. The maximum atomic E-state index is 12.7. The maximum Gasteiger partial charge on any atom is 0.321 e. The molecule has 0 aromatic heterocycles. The van der Waals surface area contributed by atoms with E-state index in [2.05, 4.69) is 10.6 Å². The summed E-state index contributed by atoms with van der Waals surface area (Å²) in [5.41, 5.74) is 0. The highest BCUT2D eigenvalue weighted by Crippen LogP contribution is 2.23. The minimum absolute atomic E-state index is 0.322. The number of hydrogen-bond donors (Lipinski definition) is 2. The Bertz CT molecular complexity index is 408. The Morgan fingerprint density at radius 1 is 1.29 bits per heavy atom. The number of halogens is 1. The molecule has 6 heteroatoms. The summed E-state index contributed by atoms with van der Waals surface area (Å²) < 4.78 is 12.7. The summed E-state index contributed by atoms with van der Waals surface area (Å²) in [5.74, 6) is -0.713. The Morgan fingerprint density at radius 2 is 1.88 bits per heavy atom.